The molecular formula is C42H84NO7+. The fourth-order valence-electron chi connectivity index (χ4n) is 6.25. The van der Waals surface area contributed by atoms with Gasteiger partial charge in [-0.05, 0) is 6.42 Å². The number of carboxylic acid groups (broad SMARTS) is 1. The van der Waals surface area contributed by atoms with Crippen LogP contribution in [0.15, 0.2) is 0 Å². The van der Waals surface area contributed by atoms with Crippen molar-refractivity contribution in [3.05, 3.63) is 0 Å². The molecule has 0 radical (unpaired) electrons. The highest BCUT2D eigenvalue weighted by atomic mass is 16.7. The number of esters is 1. The second-order valence-corrected chi connectivity index (χ2v) is 15.9. The maximum atomic E-state index is 12.0. The van der Waals surface area contributed by atoms with Crippen LogP contribution in [0, 0.1) is 0 Å². The van der Waals surface area contributed by atoms with Crippen LogP contribution in [0.1, 0.15) is 200 Å². The summed E-state index contributed by atoms with van der Waals surface area (Å²) >= 11 is 0. The molecule has 0 aromatic rings. The molecule has 2 unspecified atom stereocenters. The van der Waals surface area contributed by atoms with E-state index in [2.05, 4.69) is 6.92 Å². The van der Waals surface area contributed by atoms with Crippen LogP contribution in [-0.2, 0) is 23.8 Å². The second kappa shape index (κ2) is 36.2. The van der Waals surface area contributed by atoms with Crippen LogP contribution in [0.5, 0.6) is 0 Å². The molecule has 50 heavy (non-hydrogen) atoms. The number of quaternary nitrogens is 1. The Bertz CT molecular complexity index is 742. The summed E-state index contributed by atoms with van der Waals surface area (Å²) in [7, 11) is 5.93. The van der Waals surface area contributed by atoms with E-state index in [0.29, 0.717) is 17.4 Å². The van der Waals surface area contributed by atoms with Gasteiger partial charge >= 0.3 is 11.9 Å². The fraction of sp³-hybridized carbons (Fsp3) is 0.952. The molecule has 2 atom stereocenters. The summed E-state index contributed by atoms with van der Waals surface area (Å²) < 4.78 is 16.2. The summed E-state index contributed by atoms with van der Waals surface area (Å²) in [5, 5.41) is 19.2. The molecule has 0 fully saturated rings. The average Bonchev–Trinajstić information content (AvgIpc) is 3.07. The first-order chi connectivity index (χ1) is 24.2. The van der Waals surface area contributed by atoms with E-state index in [4.69, 9.17) is 14.2 Å². The van der Waals surface area contributed by atoms with Gasteiger partial charge in [-0.1, -0.05) is 187 Å². The monoisotopic (exact) mass is 715 g/mol. The summed E-state index contributed by atoms with van der Waals surface area (Å²) in [6, 6.07) is 0. The SMILES string of the molecule is CCCCCCCCCCCCCCCCCCCCCCCCCCCCCCCC(=O)OCC(O)COC(OCC[N+](C)(C)C)C(=O)O. The van der Waals surface area contributed by atoms with Crippen molar-refractivity contribution in [2.75, 3.05) is 47.5 Å². The highest BCUT2D eigenvalue weighted by Gasteiger charge is 2.22. The number of aliphatic hydroxyl groups excluding tert-OH is 1. The third-order valence-corrected chi connectivity index (χ3v) is 9.59. The van der Waals surface area contributed by atoms with E-state index in [1.54, 1.807) is 0 Å². The highest BCUT2D eigenvalue weighted by Crippen LogP contribution is 2.16. The molecule has 0 aliphatic rings. The van der Waals surface area contributed by atoms with E-state index < -0.39 is 18.4 Å². The Balaban J connectivity index is 3.36. The molecule has 0 heterocycles. The molecule has 0 bridgehead atoms. The number of hydrogen-bond acceptors (Lipinski definition) is 6. The molecule has 0 aromatic carbocycles. The average molecular weight is 715 g/mol. The predicted molar refractivity (Wildman–Crippen MR) is 207 cm³/mol. The van der Waals surface area contributed by atoms with Crippen molar-refractivity contribution < 1.29 is 38.5 Å². The van der Waals surface area contributed by atoms with Crippen LogP contribution < -0.4 is 0 Å². The van der Waals surface area contributed by atoms with Crippen molar-refractivity contribution in [2.24, 2.45) is 0 Å². The van der Waals surface area contributed by atoms with E-state index >= 15 is 0 Å². The number of nitrogens with zero attached hydrogens (tertiary/aromatic N) is 1. The van der Waals surface area contributed by atoms with Gasteiger partial charge in [0.2, 0.25) is 0 Å². The minimum atomic E-state index is -1.46. The van der Waals surface area contributed by atoms with E-state index in [0.717, 1.165) is 19.3 Å². The smallest absolute Gasteiger partial charge is 0.361 e. The Labute approximate surface area is 309 Å². The fourth-order valence-corrected chi connectivity index (χ4v) is 6.25. The number of carbonyl (C=O) groups is 2. The molecular weight excluding hydrogens is 630 g/mol. The van der Waals surface area contributed by atoms with Gasteiger partial charge in [0.1, 0.15) is 19.3 Å². The number of hydrogen-bond donors (Lipinski definition) is 2. The number of rotatable bonds is 40. The maximum absolute atomic E-state index is 12.0. The third-order valence-electron chi connectivity index (χ3n) is 9.59. The lowest BCUT2D eigenvalue weighted by molar-refractivity contribution is -0.870. The predicted octanol–water partition coefficient (Wildman–Crippen LogP) is 10.8. The minimum Gasteiger partial charge on any atom is -0.477 e. The summed E-state index contributed by atoms with van der Waals surface area (Å²) in [6.45, 7) is 2.62. The van der Waals surface area contributed by atoms with E-state index in [1.807, 2.05) is 21.1 Å². The second-order valence-electron chi connectivity index (χ2n) is 15.9. The minimum absolute atomic E-state index is 0.214. The van der Waals surface area contributed by atoms with Gasteiger partial charge in [0.15, 0.2) is 0 Å². The number of carboxylic acids is 1. The van der Waals surface area contributed by atoms with Crippen LogP contribution >= 0.6 is 0 Å². The van der Waals surface area contributed by atoms with Crippen molar-refractivity contribution in [1.82, 2.24) is 0 Å². The first-order valence-electron chi connectivity index (χ1n) is 21.3. The zero-order valence-corrected chi connectivity index (χ0v) is 33.6. The standard InChI is InChI=1S/C42H83NO7/c1-5-6-7-8-9-10-11-12-13-14-15-16-17-18-19-20-21-22-23-24-25-26-27-28-29-30-31-32-33-34-40(45)49-37-39(44)38-50-42(41(46)47)48-36-35-43(2,3)4/h39,42,44H,5-38H2,1-4H3/p+1. The van der Waals surface area contributed by atoms with Gasteiger partial charge in [0, 0.05) is 6.42 Å². The Kier molecular flexibility index (Phi) is 35.3. The molecule has 0 saturated heterocycles. The summed E-state index contributed by atoms with van der Waals surface area (Å²) in [5.74, 6) is -1.60. The lowest BCUT2D eigenvalue weighted by atomic mass is 10.0. The number of ether oxygens (including phenoxy) is 3. The van der Waals surface area contributed by atoms with Crippen molar-refractivity contribution in [3.8, 4) is 0 Å². The van der Waals surface area contributed by atoms with Gasteiger partial charge in [-0.3, -0.25) is 4.79 Å². The van der Waals surface area contributed by atoms with Gasteiger partial charge < -0.3 is 28.9 Å². The van der Waals surface area contributed by atoms with Crippen molar-refractivity contribution in [2.45, 2.75) is 212 Å². The number of carbonyl (C=O) groups excluding carboxylic acids is 1. The van der Waals surface area contributed by atoms with Gasteiger partial charge in [0.25, 0.3) is 6.29 Å². The normalized spacial score (nSPS) is 13.1. The number of aliphatic carboxylic acids is 1. The Hall–Kier alpha value is -1.22. The first kappa shape index (κ1) is 48.8. The van der Waals surface area contributed by atoms with Crippen LogP contribution in [0.25, 0.3) is 0 Å². The van der Waals surface area contributed by atoms with Crippen LogP contribution in [0.4, 0.5) is 0 Å². The summed E-state index contributed by atoms with van der Waals surface area (Å²) in [5.41, 5.74) is 0. The zero-order chi connectivity index (χ0) is 37.0. The third kappa shape index (κ3) is 38.0. The van der Waals surface area contributed by atoms with Gasteiger partial charge in [0.05, 0.1) is 34.4 Å². The molecule has 0 aliphatic carbocycles. The number of aliphatic hydroxyl groups is 1. The quantitative estimate of drug-likeness (QED) is 0.0282. The largest absolute Gasteiger partial charge is 0.477 e. The molecule has 0 saturated carbocycles. The van der Waals surface area contributed by atoms with Gasteiger partial charge in [-0.25, -0.2) is 4.79 Å². The Morgan fingerprint density at radius 2 is 0.860 bits per heavy atom. The topological polar surface area (TPSA) is 102 Å². The lowest BCUT2D eigenvalue weighted by Gasteiger charge is -2.24. The molecule has 298 valence electrons. The van der Waals surface area contributed by atoms with Crippen LogP contribution in [0.3, 0.4) is 0 Å². The Morgan fingerprint density at radius 3 is 1.18 bits per heavy atom. The molecule has 0 rings (SSSR count). The van der Waals surface area contributed by atoms with Crippen molar-refractivity contribution in [3.63, 3.8) is 0 Å². The Morgan fingerprint density at radius 1 is 0.520 bits per heavy atom. The van der Waals surface area contributed by atoms with Crippen molar-refractivity contribution in [1.29, 1.82) is 0 Å². The molecule has 0 spiro atoms. The van der Waals surface area contributed by atoms with Crippen LogP contribution in [0.2, 0.25) is 0 Å². The van der Waals surface area contributed by atoms with E-state index in [1.165, 1.54) is 167 Å². The highest BCUT2D eigenvalue weighted by molar-refractivity contribution is 5.70. The molecule has 0 aliphatic heterocycles. The lowest BCUT2D eigenvalue weighted by Crippen LogP contribution is -2.40. The van der Waals surface area contributed by atoms with Crippen molar-refractivity contribution >= 4 is 11.9 Å². The molecule has 0 amide bonds. The molecule has 8 heteroatoms. The van der Waals surface area contributed by atoms with Crippen LogP contribution in [-0.4, -0.2) is 86.5 Å². The summed E-state index contributed by atoms with van der Waals surface area (Å²) in [4.78, 5) is 23.3. The number of unbranched alkanes of at least 4 members (excludes halogenated alkanes) is 28. The molecule has 8 nitrogen and oxygen atoms in total. The van der Waals surface area contributed by atoms with Gasteiger partial charge in [-0.2, -0.15) is 0 Å². The molecule has 0 aromatic heterocycles. The van der Waals surface area contributed by atoms with E-state index in [-0.39, 0.29) is 25.8 Å². The first-order valence-corrected chi connectivity index (χ1v) is 21.3. The molecule has 2 N–H and O–H groups in total. The number of likely N-dealkylation sites (N-methyl/N-ethyl adjacent to an activating group) is 1. The van der Waals surface area contributed by atoms with E-state index in [9.17, 15) is 19.8 Å². The van der Waals surface area contributed by atoms with Gasteiger partial charge in [-0.15, -0.1) is 0 Å². The zero-order valence-electron chi connectivity index (χ0n) is 33.6. The summed E-state index contributed by atoms with van der Waals surface area (Å²) in [6.07, 6.45) is 37.3. The maximum Gasteiger partial charge on any atom is 0.361 e.